The van der Waals surface area contributed by atoms with Crippen LogP contribution in [0, 0.1) is 29.1 Å². The van der Waals surface area contributed by atoms with E-state index in [1.54, 1.807) is 15.9 Å². The molecule has 3 aliphatic heterocycles. The van der Waals surface area contributed by atoms with Crippen LogP contribution in [0.1, 0.15) is 68.9 Å². The highest BCUT2D eigenvalue weighted by molar-refractivity contribution is 5.79. The molecule has 4 aromatic rings. The van der Waals surface area contributed by atoms with E-state index in [1.807, 2.05) is 16.7 Å². The van der Waals surface area contributed by atoms with Gasteiger partial charge in [-0.25, -0.2) is 26.9 Å². The first-order chi connectivity index (χ1) is 22.7. The van der Waals surface area contributed by atoms with Crippen molar-refractivity contribution in [1.82, 2.24) is 14.9 Å². The number of nitrogens with zero attached hydrogens (tertiary/aromatic N) is 5. The number of carbonyl (C=O) groups excluding carboxylic acids is 1. The molecule has 12 heteroatoms. The number of hydrogen-bond acceptors (Lipinski definition) is 5. The third-order valence-corrected chi connectivity index (χ3v) is 9.77. The lowest BCUT2D eigenvalue weighted by Gasteiger charge is -2.38. The standard InChI is InChI=1S/C35H37F5N6O/c1-2-6-32(47)46-12-5-10-31(46)35-41-28-19-22(25(38)20-29(28)42-35)30-9-4-11-45(30)21-17-26(39)34(27(40)18-21)44-15-13-43(14-16-44)33-23(36)7-3-8-24(33)37/h3,7-8,17-20,30-31H,2,4-6,9-16H2,1H3,(H,41,42)/t30-,31+/m1/s1. The summed E-state index contributed by atoms with van der Waals surface area (Å²) in [7, 11) is 0. The SMILES string of the molecule is CCCC(=O)N1CCC[C@H]1c1nc2cc(F)c([C@H]3CCCN3c3cc(F)c(N4CCN(c5c(F)cccc5F)CC4)c(F)c3)cc2[nH]1. The molecule has 1 amide bonds. The molecular formula is C35H37F5N6O. The Morgan fingerprint density at radius 3 is 2.06 bits per heavy atom. The molecule has 1 N–H and O–H groups in total. The number of fused-ring (bicyclic) bond motifs is 1. The van der Waals surface area contributed by atoms with E-state index in [4.69, 9.17) is 0 Å². The van der Waals surface area contributed by atoms with E-state index in [-0.39, 0.29) is 49.5 Å². The molecule has 7 rings (SSSR count). The van der Waals surface area contributed by atoms with E-state index >= 15 is 13.2 Å². The number of aromatic amines is 1. The first kappa shape index (κ1) is 31.3. The number of aromatic nitrogens is 2. The number of H-pyrrole nitrogens is 1. The van der Waals surface area contributed by atoms with Gasteiger partial charge in [0.05, 0.1) is 23.1 Å². The number of likely N-dealkylation sites (tertiary alicyclic amines) is 1. The van der Waals surface area contributed by atoms with Crippen LogP contribution in [-0.2, 0) is 4.79 Å². The number of para-hydroxylation sites is 1. The van der Waals surface area contributed by atoms with Crippen molar-refractivity contribution in [3.63, 3.8) is 0 Å². The summed E-state index contributed by atoms with van der Waals surface area (Å²) in [5.74, 6) is -2.56. The number of amides is 1. The number of imidazole rings is 1. The van der Waals surface area contributed by atoms with Crippen LogP contribution < -0.4 is 14.7 Å². The monoisotopic (exact) mass is 652 g/mol. The lowest BCUT2D eigenvalue weighted by molar-refractivity contribution is -0.132. The molecule has 3 saturated heterocycles. The highest BCUT2D eigenvalue weighted by Crippen LogP contribution is 2.41. The highest BCUT2D eigenvalue weighted by Gasteiger charge is 2.34. The van der Waals surface area contributed by atoms with Gasteiger partial charge in [-0.2, -0.15) is 0 Å². The van der Waals surface area contributed by atoms with E-state index in [9.17, 15) is 13.6 Å². The Labute approximate surface area is 270 Å². The number of hydrogen-bond donors (Lipinski definition) is 1. The lowest BCUT2D eigenvalue weighted by Crippen LogP contribution is -2.47. The van der Waals surface area contributed by atoms with Gasteiger partial charge >= 0.3 is 0 Å². The van der Waals surface area contributed by atoms with Crippen molar-refractivity contribution in [2.24, 2.45) is 0 Å². The normalized spacial score (nSPS) is 20.2. The summed E-state index contributed by atoms with van der Waals surface area (Å²) in [6.45, 7) is 3.88. The first-order valence-corrected chi connectivity index (χ1v) is 16.4. The molecular weight excluding hydrogens is 615 g/mol. The van der Waals surface area contributed by atoms with Crippen LogP contribution in [0.4, 0.5) is 39.0 Å². The van der Waals surface area contributed by atoms with Crippen molar-refractivity contribution in [3.05, 3.63) is 82.9 Å². The summed E-state index contributed by atoms with van der Waals surface area (Å²) in [6, 6.07) is 8.75. The summed E-state index contributed by atoms with van der Waals surface area (Å²) < 4.78 is 75.6. The Hall–Kier alpha value is -4.35. The van der Waals surface area contributed by atoms with Gasteiger partial charge in [0.25, 0.3) is 0 Å². The predicted molar refractivity (Wildman–Crippen MR) is 171 cm³/mol. The molecule has 1 aromatic heterocycles. The van der Waals surface area contributed by atoms with Gasteiger partial charge in [0.2, 0.25) is 5.91 Å². The molecule has 0 aliphatic carbocycles. The number of rotatable bonds is 7. The third kappa shape index (κ3) is 5.76. The van der Waals surface area contributed by atoms with Crippen molar-refractivity contribution >= 4 is 34.0 Å². The second kappa shape index (κ2) is 12.7. The molecule has 7 nitrogen and oxygen atoms in total. The number of anilines is 3. The summed E-state index contributed by atoms with van der Waals surface area (Å²) in [5, 5.41) is 0. The second-order valence-corrected chi connectivity index (χ2v) is 12.7. The van der Waals surface area contributed by atoms with E-state index in [1.165, 1.54) is 36.4 Å². The number of piperazine rings is 1. The third-order valence-electron chi connectivity index (χ3n) is 9.77. The molecule has 0 spiro atoms. The minimum Gasteiger partial charge on any atom is -0.364 e. The zero-order chi connectivity index (χ0) is 32.8. The summed E-state index contributed by atoms with van der Waals surface area (Å²) in [4.78, 5) is 27.4. The zero-order valence-electron chi connectivity index (χ0n) is 26.2. The van der Waals surface area contributed by atoms with Crippen molar-refractivity contribution in [2.75, 3.05) is 54.0 Å². The van der Waals surface area contributed by atoms with Crippen molar-refractivity contribution < 1.29 is 26.7 Å². The molecule has 0 unspecified atom stereocenters. The van der Waals surface area contributed by atoms with Crippen LogP contribution in [0.25, 0.3) is 11.0 Å². The Morgan fingerprint density at radius 1 is 0.787 bits per heavy atom. The molecule has 3 fully saturated rings. The smallest absolute Gasteiger partial charge is 0.223 e. The fourth-order valence-corrected chi connectivity index (χ4v) is 7.55. The molecule has 3 aliphatic rings. The van der Waals surface area contributed by atoms with E-state index in [2.05, 4.69) is 9.97 Å². The second-order valence-electron chi connectivity index (χ2n) is 12.7. The number of halogens is 5. The van der Waals surface area contributed by atoms with Crippen LogP contribution in [-0.4, -0.2) is 60.0 Å². The quantitative estimate of drug-likeness (QED) is 0.211. The molecule has 0 radical (unpaired) electrons. The minimum atomic E-state index is -0.746. The Morgan fingerprint density at radius 2 is 1.40 bits per heavy atom. The number of carbonyl (C=O) groups is 1. The van der Waals surface area contributed by atoms with Gasteiger partial charge in [0.1, 0.15) is 34.7 Å². The van der Waals surface area contributed by atoms with Crippen LogP contribution >= 0.6 is 0 Å². The lowest BCUT2D eigenvalue weighted by atomic mass is 10.0. The van der Waals surface area contributed by atoms with Crippen molar-refractivity contribution in [2.45, 2.75) is 57.5 Å². The summed E-state index contributed by atoms with van der Waals surface area (Å²) in [5.41, 5.74) is 1.54. The molecule has 3 aromatic carbocycles. The highest BCUT2D eigenvalue weighted by atomic mass is 19.1. The van der Waals surface area contributed by atoms with Crippen LogP contribution in [0.5, 0.6) is 0 Å². The predicted octanol–water partition coefficient (Wildman–Crippen LogP) is 7.39. The van der Waals surface area contributed by atoms with Gasteiger partial charge in [0, 0.05) is 63.0 Å². The molecule has 0 bridgehead atoms. The van der Waals surface area contributed by atoms with Gasteiger partial charge in [0.15, 0.2) is 11.6 Å². The van der Waals surface area contributed by atoms with Gasteiger partial charge in [-0.3, -0.25) is 4.79 Å². The molecule has 47 heavy (non-hydrogen) atoms. The topological polar surface area (TPSA) is 58.7 Å². The van der Waals surface area contributed by atoms with Gasteiger partial charge in [-0.05, 0) is 62.4 Å². The van der Waals surface area contributed by atoms with E-state index in [0.29, 0.717) is 60.5 Å². The average molecular weight is 653 g/mol. The molecule has 4 heterocycles. The Balaban J connectivity index is 1.11. The number of nitrogens with one attached hydrogen (secondary N) is 1. The molecule has 2 atom stereocenters. The van der Waals surface area contributed by atoms with Crippen LogP contribution in [0.3, 0.4) is 0 Å². The van der Waals surface area contributed by atoms with Gasteiger partial charge in [-0.1, -0.05) is 13.0 Å². The molecule has 248 valence electrons. The average Bonchev–Trinajstić information content (AvgIpc) is 3.81. The maximum atomic E-state index is 15.7. The van der Waals surface area contributed by atoms with Gasteiger partial charge < -0.3 is 24.6 Å². The Kier molecular flexibility index (Phi) is 8.44. The van der Waals surface area contributed by atoms with Crippen LogP contribution in [0.15, 0.2) is 42.5 Å². The van der Waals surface area contributed by atoms with Crippen molar-refractivity contribution in [3.8, 4) is 0 Å². The molecule has 0 saturated carbocycles. The van der Waals surface area contributed by atoms with Crippen LogP contribution in [0.2, 0.25) is 0 Å². The largest absolute Gasteiger partial charge is 0.364 e. The zero-order valence-corrected chi connectivity index (χ0v) is 26.2. The Bertz CT molecular complexity index is 1760. The summed E-state index contributed by atoms with van der Waals surface area (Å²) in [6.07, 6.45) is 4.22. The van der Waals surface area contributed by atoms with E-state index in [0.717, 1.165) is 19.3 Å². The summed E-state index contributed by atoms with van der Waals surface area (Å²) >= 11 is 0. The maximum absolute atomic E-state index is 15.7. The fourth-order valence-electron chi connectivity index (χ4n) is 7.55. The van der Waals surface area contributed by atoms with Crippen molar-refractivity contribution in [1.29, 1.82) is 0 Å². The minimum absolute atomic E-state index is 0.0922. The maximum Gasteiger partial charge on any atom is 0.223 e. The fraction of sp³-hybridized carbons (Fsp3) is 0.429. The number of benzene rings is 3. The van der Waals surface area contributed by atoms with Gasteiger partial charge in [-0.15, -0.1) is 0 Å². The van der Waals surface area contributed by atoms with E-state index < -0.39 is 35.1 Å². The first-order valence-electron chi connectivity index (χ1n) is 16.4.